The average molecular weight is 306 g/mol. The minimum Gasteiger partial charge on any atom is -0.494 e. The van der Waals surface area contributed by atoms with Crippen molar-refractivity contribution in [1.29, 1.82) is 0 Å². The highest BCUT2D eigenvalue weighted by molar-refractivity contribution is 8.13. The lowest BCUT2D eigenvalue weighted by Crippen LogP contribution is -2.18. The number of amides is 1. The fourth-order valence-electron chi connectivity index (χ4n) is 1.53. The zero-order valence-electron chi connectivity index (χ0n) is 10.8. The van der Waals surface area contributed by atoms with E-state index in [2.05, 4.69) is 5.32 Å². The quantitative estimate of drug-likeness (QED) is 0.643. The third kappa shape index (κ3) is 5.08. The number of nitrogens with one attached hydrogen (secondary N) is 1. The number of rotatable bonds is 6. The second-order valence-electron chi connectivity index (χ2n) is 3.99. The zero-order chi connectivity index (χ0) is 14.5. The Morgan fingerprint density at radius 2 is 2.11 bits per heavy atom. The Bertz CT molecular complexity index is 557. The fourth-order valence-corrected chi connectivity index (χ4v) is 2.73. The van der Waals surface area contributed by atoms with E-state index in [-0.39, 0.29) is 10.8 Å². The lowest BCUT2D eigenvalue weighted by molar-refractivity contribution is -0.120. The predicted molar refractivity (Wildman–Crippen MR) is 73.0 cm³/mol. The molecule has 0 aliphatic carbocycles. The fraction of sp³-hybridized carbons (Fsp3) is 0.417. The Balaban J connectivity index is 2.58. The molecule has 0 fully saturated rings. The van der Waals surface area contributed by atoms with E-state index in [1.54, 1.807) is 26.1 Å². The van der Waals surface area contributed by atoms with Crippen molar-refractivity contribution >= 4 is 25.6 Å². The van der Waals surface area contributed by atoms with Gasteiger partial charge in [-0.1, -0.05) is 0 Å². The molecule has 19 heavy (non-hydrogen) atoms. The SMILES string of the molecule is CNC(=O)CCCOc1ccc(S(=O)(=O)Cl)c(C)c1. The maximum Gasteiger partial charge on any atom is 0.261 e. The third-order valence-electron chi connectivity index (χ3n) is 2.50. The van der Waals surface area contributed by atoms with E-state index >= 15 is 0 Å². The maximum atomic E-state index is 11.2. The second-order valence-corrected chi connectivity index (χ2v) is 6.52. The zero-order valence-corrected chi connectivity index (χ0v) is 12.3. The lowest BCUT2D eigenvalue weighted by Gasteiger charge is -2.08. The average Bonchev–Trinajstić information content (AvgIpc) is 2.32. The van der Waals surface area contributed by atoms with E-state index in [0.717, 1.165) is 0 Å². The molecule has 0 bridgehead atoms. The predicted octanol–water partition coefficient (Wildman–Crippen LogP) is 1.83. The summed E-state index contributed by atoms with van der Waals surface area (Å²) in [6.07, 6.45) is 0.984. The summed E-state index contributed by atoms with van der Waals surface area (Å²) < 4.78 is 27.9. The van der Waals surface area contributed by atoms with Gasteiger partial charge in [-0.25, -0.2) is 8.42 Å². The first kappa shape index (κ1) is 15.8. The third-order valence-corrected chi connectivity index (χ3v) is 3.99. The van der Waals surface area contributed by atoms with Crippen LogP contribution in [-0.2, 0) is 13.8 Å². The van der Waals surface area contributed by atoms with Crippen molar-refractivity contribution in [1.82, 2.24) is 5.32 Å². The molecule has 0 unspecified atom stereocenters. The summed E-state index contributed by atoms with van der Waals surface area (Å²) in [6.45, 7) is 2.03. The summed E-state index contributed by atoms with van der Waals surface area (Å²) in [5.41, 5.74) is 0.527. The first-order valence-electron chi connectivity index (χ1n) is 5.73. The molecule has 0 aliphatic rings. The molecule has 1 rings (SSSR count). The van der Waals surface area contributed by atoms with Crippen LogP contribution in [0.2, 0.25) is 0 Å². The van der Waals surface area contributed by atoms with Gasteiger partial charge in [0.2, 0.25) is 5.91 Å². The molecule has 0 spiro atoms. The molecule has 0 aliphatic heterocycles. The van der Waals surface area contributed by atoms with Gasteiger partial charge in [-0.15, -0.1) is 0 Å². The van der Waals surface area contributed by atoms with Crippen molar-refractivity contribution in [2.24, 2.45) is 0 Å². The van der Waals surface area contributed by atoms with Crippen molar-refractivity contribution in [3.05, 3.63) is 23.8 Å². The minimum atomic E-state index is -3.73. The molecule has 1 aromatic carbocycles. The van der Waals surface area contributed by atoms with Gasteiger partial charge in [0.25, 0.3) is 9.05 Å². The largest absolute Gasteiger partial charge is 0.494 e. The highest BCUT2D eigenvalue weighted by Crippen LogP contribution is 2.23. The Morgan fingerprint density at radius 3 is 2.63 bits per heavy atom. The molecule has 7 heteroatoms. The molecule has 1 N–H and O–H groups in total. The van der Waals surface area contributed by atoms with Crippen molar-refractivity contribution in [3.63, 3.8) is 0 Å². The van der Waals surface area contributed by atoms with Crippen LogP contribution < -0.4 is 10.1 Å². The molecule has 5 nitrogen and oxygen atoms in total. The topological polar surface area (TPSA) is 72.5 Å². The molecule has 106 valence electrons. The second kappa shape index (κ2) is 6.77. The van der Waals surface area contributed by atoms with E-state index in [1.807, 2.05) is 0 Å². The Hall–Kier alpha value is -1.27. The first-order valence-corrected chi connectivity index (χ1v) is 8.04. The Kier molecular flexibility index (Phi) is 5.62. The van der Waals surface area contributed by atoms with E-state index < -0.39 is 9.05 Å². The number of ether oxygens (including phenoxy) is 1. The van der Waals surface area contributed by atoms with Gasteiger partial charge in [0.15, 0.2) is 0 Å². The molecule has 1 aromatic rings. The number of aryl methyl sites for hydroxylation is 1. The smallest absolute Gasteiger partial charge is 0.261 e. The van der Waals surface area contributed by atoms with Crippen molar-refractivity contribution in [2.75, 3.05) is 13.7 Å². The van der Waals surface area contributed by atoms with Gasteiger partial charge in [0, 0.05) is 24.2 Å². The maximum absolute atomic E-state index is 11.2. The number of benzene rings is 1. The van der Waals surface area contributed by atoms with Crippen LogP contribution in [0.5, 0.6) is 5.75 Å². The Labute approximate surface area is 117 Å². The van der Waals surface area contributed by atoms with Gasteiger partial charge in [0.1, 0.15) is 5.75 Å². The summed E-state index contributed by atoms with van der Waals surface area (Å²) in [6, 6.07) is 4.56. The van der Waals surface area contributed by atoms with Gasteiger partial charge < -0.3 is 10.1 Å². The molecule has 0 saturated heterocycles. The number of hydrogen-bond acceptors (Lipinski definition) is 4. The highest BCUT2D eigenvalue weighted by atomic mass is 35.7. The molecule has 0 atom stereocenters. The Morgan fingerprint density at radius 1 is 1.42 bits per heavy atom. The normalized spacial score (nSPS) is 11.1. The molecule has 0 aromatic heterocycles. The van der Waals surface area contributed by atoms with Crippen LogP contribution in [0.3, 0.4) is 0 Å². The van der Waals surface area contributed by atoms with Gasteiger partial charge >= 0.3 is 0 Å². The standard InChI is InChI=1S/C12H16ClNO4S/c1-9-8-10(5-6-11(9)19(13,16)17)18-7-3-4-12(15)14-2/h5-6,8H,3-4,7H2,1-2H3,(H,14,15). The summed E-state index contributed by atoms with van der Waals surface area (Å²) >= 11 is 0. The van der Waals surface area contributed by atoms with E-state index in [4.69, 9.17) is 15.4 Å². The van der Waals surface area contributed by atoms with E-state index in [1.165, 1.54) is 6.07 Å². The van der Waals surface area contributed by atoms with Crippen molar-refractivity contribution in [3.8, 4) is 5.75 Å². The van der Waals surface area contributed by atoms with Crippen LogP contribution in [-0.4, -0.2) is 28.0 Å². The minimum absolute atomic E-state index is 0.0386. The summed E-state index contributed by atoms with van der Waals surface area (Å²) in [5.74, 6) is 0.516. The van der Waals surface area contributed by atoms with Crippen LogP contribution in [0.4, 0.5) is 0 Å². The van der Waals surface area contributed by atoms with Crippen molar-refractivity contribution in [2.45, 2.75) is 24.7 Å². The highest BCUT2D eigenvalue weighted by Gasteiger charge is 2.13. The van der Waals surface area contributed by atoms with Crippen LogP contribution in [0.1, 0.15) is 18.4 Å². The van der Waals surface area contributed by atoms with E-state index in [9.17, 15) is 13.2 Å². The van der Waals surface area contributed by atoms with Crippen LogP contribution in [0.25, 0.3) is 0 Å². The molecule has 0 radical (unpaired) electrons. The number of hydrogen-bond donors (Lipinski definition) is 1. The summed E-state index contributed by atoms with van der Waals surface area (Å²) in [7, 11) is 3.14. The van der Waals surface area contributed by atoms with E-state index in [0.29, 0.717) is 30.8 Å². The molecular formula is C12H16ClNO4S. The molecule has 0 saturated carbocycles. The van der Waals surface area contributed by atoms with Gasteiger partial charge in [0.05, 0.1) is 11.5 Å². The first-order chi connectivity index (χ1) is 8.84. The van der Waals surface area contributed by atoms with Crippen molar-refractivity contribution < 1.29 is 17.9 Å². The number of carbonyl (C=O) groups is 1. The number of halogens is 1. The molecular weight excluding hydrogens is 290 g/mol. The summed E-state index contributed by atoms with van der Waals surface area (Å²) in [4.78, 5) is 11.1. The van der Waals surface area contributed by atoms with Crippen LogP contribution in [0.15, 0.2) is 23.1 Å². The molecule has 1 amide bonds. The molecule has 0 heterocycles. The van der Waals surface area contributed by atoms with Gasteiger partial charge in [-0.3, -0.25) is 4.79 Å². The monoisotopic (exact) mass is 305 g/mol. The van der Waals surface area contributed by atoms with Crippen LogP contribution >= 0.6 is 10.7 Å². The van der Waals surface area contributed by atoms with Gasteiger partial charge in [-0.2, -0.15) is 0 Å². The van der Waals surface area contributed by atoms with Crippen LogP contribution in [0, 0.1) is 6.92 Å². The number of carbonyl (C=O) groups excluding carboxylic acids is 1. The summed E-state index contributed by atoms with van der Waals surface area (Å²) in [5, 5.41) is 2.52. The lowest BCUT2D eigenvalue weighted by atomic mass is 10.2. The van der Waals surface area contributed by atoms with Gasteiger partial charge in [-0.05, 0) is 37.1 Å².